The van der Waals surface area contributed by atoms with Gasteiger partial charge in [0.1, 0.15) is 0 Å². The van der Waals surface area contributed by atoms with Gasteiger partial charge in [0.15, 0.2) is 0 Å². The lowest BCUT2D eigenvalue weighted by Gasteiger charge is -2.24. The molecule has 0 aromatic heterocycles. The smallest absolute Gasteiger partial charge is 0.229 e. The Bertz CT molecular complexity index is 552. The predicted octanol–water partition coefficient (Wildman–Crippen LogP) is 3.76. The van der Waals surface area contributed by atoms with Crippen LogP contribution >= 0.6 is 7.37 Å². The van der Waals surface area contributed by atoms with E-state index in [4.69, 9.17) is 4.52 Å². The van der Waals surface area contributed by atoms with Crippen LogP contribution in [0.2, 0.25) is 0 Å². The van der Waals surface area contributed by atoms with E-state index < -0.39 is 18.4 Å². The minimum atomic E-state index is -2.74. The molecule has 0 spiro atoms. The Morgan fingerprint density at radius 3 is 2.18 bits per heavy atom. The van der Waals surface area contributed by atoms with Gasteiger partial charge in [-0.1, -0.05) is 19.1 Å². The van der Waals surface area contributed by atoms with E-state index in [0.29, 0.717) is 11.9 Å². The van der Waals surface area contributed by atoms with Crippen LogP contribution in [0, 0.1) is 0 Å². The average Bonchev–Trinajstić information content (AvgIpc) is 2.43. The van der Waals surface area contributed by atoms with Gasteiger partial charge < -0.3 is 4.52 Å². The van der Waals surface area contributed by atoms with Crippen LogP contribution in [0.5, 0.6) is 0 Å². The van der Waals surface area contributed by atoms with Gasteiger partial charge in [0.05, 0.1) is 22.3 Å². The molecule has 0 aliphatic heterocycles. The highest BCUT2D eigenvalue weighted by atomic mass is 32.2. The first kappa shape index (κ1) is 19.6. The van der Waals surface area contributed by atoms with E-state index in [1.54, 1.807) is 6.66 Å². The summed E-state index contributed by atoms with van der Waals surface area (Å²) in [7, 11) is -3.86. The molecule has 0 bridgehead atoms. The third kappa shape index (κ3) is 5.31. The number of rotatable bonds is 7. The molecule has 0 aliphatic rings. The first-order chi connectivity index (χ1) is 10.1. The largest absolute Gasteiger partial charge is 0.326 e. The van der Waals surface area contributed by atoms with Crippen molar-refractivity contribution in [2.75, 3.05) is 13.3 Å². The third-order valence-electron chi connectivity index (χ3n) is 3.35. The van der Waals surface area contributed by atoms with E-state index >= 15 is 0 Å². The lowest BCUT2D eigenvalue weighted by atomic mass is 10.1. The van der Waals surface area contributed by atoms with E-state index in [0.717, 1.165) is 12.0 Å². The molecule has 0 radical (unpaired) electrons. The van der Waals surface area contributed by atoms with Crippen LogP contribution in [0.15, 0.2) is 24.3 Å². The summed E-state index contributed by atoms with van der Waals surface area (Å²) in [5.74, 6) is 0. The Labute approximate surface area is 137 Å². The van der Waals surface area contributed by atoms with Gasteiger partial charge in [-0.05, 0) is 51.8 Å². The maximum Gasteiger partial charge on any atom is 0.229 e. The van der Waals surface area contributed by atoms with Gasteiger partial charge in [-0.3, -0.25) is 4.57 Å². The fourth-order valence-electron chi connectivity index (χ4n) is 1.99. The minimum absolute atomic E-state index is 0.0115. The van der Waals surface area contributed by atoms with Crippen molar-refractivity contribution in [2.24, 2.45) is 0 Å². The monoisotopic (exact) mass is 345 g/mol. The summed E-state index contributed by atoms with van der Waals surface area (Å²) >= 11 is 0. The van der Waals surface area contributed by atoms with Crippen molar-refractivity contribution in [3.8, 4) is 0 Å². The molecule has 0 heterocycles. The normalized spacial score (nSPS) is 17.7. The standard InChI is InChI=1S/C16H28NO3PS/c1-7-15(17-22(19)16(3,4)5)13-9-11-14(12-10-13)21(6,18)20-8-2/h9-12,15,17H,7-8H2,1-6H3/t15-,21?,22-/m1/s1. The average molecular weight is 345 g/mol. The van der Waals surface area contributed by atoms with E-state index in [1.165, 1.54) is 0 Å². The molecular formula is C16H28NO3PS. The van der Waals surface area contributed by atoms with Crippen LogP contribution in [0.1, 0.15) is 52.6 Å². The molecule has 3 atom stereocenters. The Kier molecular flexibility index (Phi) is 7.00. The lowest BCUT2D eigenvalue weighted by molar-refractivity contribution is 0.345. The van der Waals surface area contributed by atoms with Crippen molar-refractivity contribution < 1.29 is 13.3 Å². The van der Waals surface area contributed by atoms with E-state index in [1.807, 2.05) is 52.0 Å². The second-order valence-electron chi connectivity index (χ2n) is 6.31. The molecule has 0 saturated heterocycles. The lowest BCUT2D eigenvalue weighted by Crippen LogP contribution is -2.35. The van der Waals surface area contributed by atoms with Crippen LogP contribution in [0.25, 0.3) is 0 Å². The van der Waals surface area contributed by atoms with Crippen LogP contribution in [-0.2, 0) is 20.1 Å². The van der Waals surface area contributed by atoms with E-state index in [2.05, 4.69) is 11.6 Å². The summed E-state index contributed by atoms with van der Waals surface area (Å²) < 4.78 is 32.9. The SMILES string of the molecule is CCOP(C)(=O)c1ccc([C@@H](CC)N[S@](=O)C(C)(C)C)cc1. The maximum atomic E-state index is 12.4. The molecule has 1 rings (SSSR count). The Morgan fingerprint density at radius 1 is 1.23 bits per heavy atom. The van der Waals surface area contributed by atoms with E-state index in [9.17, 15) is 8.77 Å². The molecule has 0 saturated carbocycles. The van der Waals surface area contributed by atoms with Crippen LogP contribution in [-0.4, -0.2) is 22.2 Å². The highest BCUT2D eigenvalue weighted by Crippen LogP contribution is 2.41. The highest BCUT2D eigenvalue weighted by molar-refractivity contribution is 7.84. The van der Waals surface area contributed by atoms with Crippen LogP contribution in [0.3, 0.4) is 0 Å². The fraction of sp³-hybridized carbons (Fsp3) is 0.625. The second kappa shape index (κ2) is 7.87. The molecule has 4 nitrogen and oxygen atoms in total. The zero-order valence-electron chi connectivity index (χ0n) is 14.4. The topological polar surface area (TPSA) is 55.4 Å². The zero-order valence-corrected chi connectivity index (χ0v) is 16.1. The molecule has 0 aliphatic carbocycles. The molecule has 0 amide bonds. The van der Waals surface area contributed by atoms with Gasteiger partial charge in [-0.2, -0.15) is 0 Å². The van der Waals surface area contributed by atoms with Gasteiger partial charge in [0.25, 0.3) is 0 Å². The molecule has 0 fully saturated rings. The Balaban J connectivity index is 2.92. The maximum absolute atomic E-state index is 12.4. The second-order valence-corrected chi connectivity index (χ2v) is 10.8. The van der Waals surface area contributed by atoms with Crippen molar-refractivity contribution in [2.45, 2.75) is 51.8 Å². The summed E-state index contributed by atoms with van der Waals surface area (Å²) in [6.45, 7) is 11.8. The molecule has 6 heteroatoms. The molecule has 22 heavy (non-hydrogen) atoms. The van der Waals surface area contributed by atoms with Crippen molar-refractivity contribution >= 4 is 23.7 Å². The fourth-order valence-corrected chi connectivity index (χ4v) is 4.24. The summed E-state index contributed by atoms with van der Waals surface area (Å²) in [5, 5.41) is 0.713. The van der Waals surface area contributed by atoms with Gasteiger partial charge in [-0.15, -0.1) is 0 Å². The molecule has 1 unspecified atom stereocenters. The molecule has 126 valence electrons. The van der Waals surface area contributed by atoms with Crippen molar-refractivity contribution in [1.29, 1.82) is 0 Å². The molecule has 1 N–H and O–H groups in total. The van der Waals surface area contributed by atoms with Gasteiger partial charge in [0, 0.05) is 18.0 Å². The Hall–Kier alpha value is -0.480. The molecule has 1 aromatic rings. The number of nitrogens with one attached hydrogen (secondary N) is 1. The quantitative estimate of drug-likeness (QED) is 0.766. The van der Waals surface area contributed by atoms with Gasteiger partial charge in [-0.25, -0.2) is 8.93 Å². The molecule has 1 aromatic carbocycles. The van der Waals surface area contributed by atoms with Crippen molar-refractivity contribution in [3.05, 3.63) is 29.8 Å². The summed E-state index contributed by atoms with van der Waals surface area (Å²) in [6.07, 6.45) is 0.830. The number of hydrogen-bond acceptors (Lipinski definition) is 3. The first-order valence-electron chi connectivity index (χ1n) is 7.62. The summed E-state index contributed by atoms with van der Waals surface area (Å²) in [4.78, 5) is 0. The van der Waals surface area contributed by atoms with Gasteiger partial charge >= 0.3 is 0 Å². The molecular weight excluding hydrogens is 317 g/mol. The highest BCUT2D eigenvalue weighted by Gasteiger charge is 2.23. The number of benzene rings is 1. The summed E-state index contributed by atoms with van der Waals surface area (Å²) in [6, 6.07) is 7.57. The van der Waals surface area contributed by atoms with Crippen molar-refractivity contribution in [1.82, 2.24) is 4.72 Å². The zero-order chi connectivity index (χ0) is 17.0. The summed E-state index contributed by atoms with van der Waals surface area (Å²) in [5.41, 5.74) is 1.04. The minimum Gasteiger partial charge on any atom is -0.326 e. The van der Waals surface area contributed by atoms with Crippen LogP contribution < -0.4 is 10.0 Å². The first-order valence-corrected chi connectivity index (χ1v) is 10.8. The van der Waals surface area contributed by atoms with Crippen LogP contribution in [0.4, 0.5) is 0 Å². The van der Waals surface area contributed by atoms with Crippen molar-refractivity contribution in [3.63, 3.8) is 0 Å². The number of hydrogen-bond donors (Lipinski definition) is 1. The van der Waals surface area contributed by atoms with Gasteiger partial charge in [0.2, 0.25) is 7.37 Å². The van der Waals surface area contributed by atoms with E-state index in [-0.39, 0.29) is 10.8 Å². The third-order valence-corrected chi connectivity index (χ3v) is 6.95. The Morgan fingerprint density at radius 2 is 1.77 bits per heavy atom. The predicted molar refractivity (Wildman–Crippen MR) is 95.3 cm³/mol.